The van der Waals surface area contributed by atoms with E-state index in [1.54, 1.807) is 0 Å². The molecular weight excluding hydrogens is 218 g/mol. The van der Waals surface area contributed by atoms with E-state index in [0.29, 0.717) is 6.42 Å². The molecule has 1 atom stereocenters. The molecule has 6 nitrogen and oxygen atoms in total. The molecule has 1 unspecified atom stereocenters. The Balaban J connectivity index is 2.56. The van der Waals surface area contributed by atoms with E-state index in [1.807, 2.05) is 32.5 Å². The van der Waals surface area contributed by atoms with E-state index in [-0.39, 0.29) is 11.9 Å². The van der Waals surface area contributed by atoms with Crippen molar-refractivity contribution < 1.29 is 5.21 Å². The summed E-state index contributed by atoms with van der Waals surface area (Å²) in [7, 11) is 1.94. The predicted molar refractivity (Wildman–Crippen MR) is 67.0 cm³/mol. The minimum absolute atomic E-state index is 0.157. The van der Waals surface area contributed by atoms with Crippen LogP contribution in [0.4, 0.5) is 0 Å². The number of rotatable bonds is 5. The van der Waals surface area contributed by atoms with Crippen LogP contribution in [0.1, 0.15) is 30.3 Å². The Bertz CT molecular complexity index is 410. The average Bonchev–Trinajstić information content (AvgIpc) is 2.51. The molecule has 1 heterocycles. The SMILES string of the molecule is Cc1nn(C)c(C)c1CNC(C)CC(N)=NO. The molecule has 6 heteroatoms. The number of nitrogens with one attached hydrogen (secondary N) is 1. The normalized spacial score (nSPS) is 14.0. The van der Waals surface area contributed by atoms with Crippen molar-refractivity contribution in [2.45, 2.75) is 39.8 Å². The second-order valence-corrected chi connectivity index (χ2v) is 4.35. The molecule has 0 fully saturated rings. The third-order valence-corrected chi connectivity index (χ3v) is 2.93. The summed E-state index contributed by atoms with van der Waals surface area (Å²) in [6, 6.07) is 0.157. The molecule has 1 rings (SSSR count). The van der Waals surface area contributed by atoms with E-state index in [2.05, 4.69) is 15.6 Å². The standard InChI is InChI=1S/C11H21N5O/c1-7(5-11(12)15-17)13-6-10-8(2)14-16(4)9(10)3/h7,13,17H,5-6H2,1-4H3,(H2,12,15). The van der Waals surface area contributed by atoms with Crippen molar-refractivity contribution in [1.29, 1.82) is 0 Å². The summed E-state index contributed by atoms with van der Waals surface area (Å²) in [5, 5.41) is 19.1. The molecule has 0 saturated carbocycles. The van der Waals surface area contributed by atoms with Crippen LogP contribution in [0.25, 0.3) is 0 Å². The lowest BCUT2D eigenvalue weighted by Gasteiger charge is -2.13. The molecule has 96 valence electrons. The third-order valence-electron chi connectivity index (χ3n) is 2.93. The fraction of sp³-hybridized carbons (Fsp3) is 0.636. The van der Waals surface area contributed by atoms with Gasteiger partial charge in [0.15, 0.2) is 0 Å². The molecular formula is C11H21N5O. The summed E-state index contributed by atoms with van der Waals surface area (Å²) in [4.78, 5) is 0. The van der Waals surface area contributed by atoms with Crippen LogP contribution >= 0.6 is 0 Å². The molecule has 0 spiro atoms. The summed E-state index contributed by atoms with van der Waals surface area (Å²) in [5.41, 5.74) is 8.85. The number of aryl methyl sites for hydroxylation is 2. The fourth-order valence-electron chi connectivity index (χ4n) is 1.78. The summed E-state index contributed by atoms with van der Waals surface area (Å²) in [6.45, 7) is 6.79. The molecule has 0 aliphatic heterocycles. The summed E-state index contributed by atoms with van der Waals surface area (Å²) < 4.78 is 1.88. The largest absolute Gasteiger partial charge is 0.409 e. The number of hydrogen-bond acceptors (Lipinski definition) is 4. The number of nitrogens with two attached hydrogens (primary N) is 1. The second kappa shape index (κ2) is 5.67. The molecule has 1 aromatic heterocycles. The molecule has 0 aliphatic carbocycles. The minimum Gasteiger partial charge on any atom is -0.409 e. The molecule has 0 bridgehead atoms. The van der Waals surface area contributed by atoms with Crippen molar-refractivity contribution >= 4 is 5.84 Å². The van der Waals surface area contributed by atoms with Crippen molar-refractivity contribution in [2.75, 3.05) is 0 Å². The van der Waals surface area contributed by atoms with Gasteiger partial charge >= 0.3 is 0 Å². The van der Waals surface area contributed by atoms with Gasteiger partial charge in [-0.3, -0.25) is 4.68 Å². The van der Waals surface area contributed by atoms with Crippen LogP contribution in [0.3, 0.4) is 0 Å². The van der Waals surface area contributed by atoms with Crippen molar-refractivity contribution in [3.63, 3.8) is 0 Å². The molecule has 0 aliphatic rings. The van der Waals surface area contributed by atoms with E-state index >= 15 is 0 Å². The first-order chi connectivity index (χ1) is 7.95. The first-order valence-electron chi connectivity index (χ1n) is 5.64. The highest BCUT2D eigenvalue weighted by molar-refractivity contribution is 5.80. The van der Waals surface area contributed by atoms with Crippen molar-refractivity contribution in [1.82, 2.24) is 15.1 Å². The van der Waals surface area contributed by atoms with E-state index < -0.39 is 0 Å². The van der Waals surface area contributed by atoms with Gasteiger partial charge in [0.2, 0.25) is 0 Å². The van der Waals surface area contributed by atoms with E-state index in [1.165, 1.54) is 5.56 Å². The van der Waals surface area contributed by atoms with E-state index in [0.717, 1.165) is 17.9 Å². The highest BCUT2D eigenvalue weighted by atomic mass is 16.4. The summed E-state index contributed by atoms with van der Waals surface area (Å²) in [5.74, 6) is 0.240. The Morgan fingerprint density at radius 1 is 1.59 bits per heavy atom. The lowest BCUT2D eigenvalue weighted by molar-refractivity contribution is 0.316. The van der Waals surface area contributed by atoms with Crippen LogP contribution in [-0.2, 0) is 13.6 Å². The predicted octanol–water partition coefficient (Wildman–Crippen LogP) is 0.652. The van der Waals surface area contributed by atoms with Gasteiger partial charge in [0, 0.05) is 37.3 Å². The Hall–Kier alpha value is -1.56. The van der Waals surface area contributed by atoms with Gasteiger partial charge in [0.25, 0.3) is 0 Å². The Labute approximate surface area is 101 Å². The zero-order valence-corrected chi connectivity index (χ0v) is 10.9. The third kappa shape index (κ3) is 3.45. The van der Waals surface area contributed by atoms with Crippen LogP contribution < -0.4 is 11.1 Å². The highest BCUT2D eigenvalue weighted by Crippen LogP contribution is 2.11. The van der Waals surface area contributed by atoms with Gasteiger partial charge in [-0.2, -0.15) is 5.10 Å². The Morgan fingerprint density at radius 3 is 2.71 bits per heavy atom. The monoisotopic (exact) mass is 239 g/mol. The van der Waals surface area contributed by atoms with Crippen molar-refractivity contribution in [3.8, 4) is 0 Å². The number of aromatic nitrogens is 2. The first kappa shape index (κ1) is 13.5. The van der Waals surface area contributed by atoms with Crippen LogP contribution in [0.5, 0.6) is 0 Å². The number of nitrogens with zero attached hydrogens (tertiary/aromatic N) is 3. The quantitative estimate of drug-likeness (QED) is 0.305. The molecule has 0 radical (unpaired) electrons. The average molecular weight is 239 g/mol. The van der Waals surface area contributed by atoms with Crippen molar-refractivity contribution in [2.24, 2.45) is 17.9 Å². The van der Waals surface area contributed by atoms with Gasteiger partial charge in [-0.05, 0) is 20.8 Å². The molecule has 0 saturated heterocycles. The van der Waals surface area contributed by atoms with Gasteiger partial charge < -0.3 is 16.3 Å². The van der Waals surface area contributed by atoms with Gasteiger partial charge in [0.1, 0.15) is 5.84 Å². The maximum atomic E-state index is 8.48. The zero-order valence-electron chi connectivity index (χ0n) is 10.9. The molecule has 17 heavy (non-hydrogen) atoms. The number of oxime groups is 1. The van der Waals surface area contributed by atoms with Gasteiger partial charge in [-0.15, -0.1) is 0 Å². The van der Waals surface area contributed by atoms with Crippen LogP contribution in [0, 0.1) is 13.8 Å². The molecule has 1 aromatic rings. The maximum Gasteiger partial charge on any atom is 0.140 e. The topological polar surface area (TPSA) is 88.5 Å². The smallest absolute Gasteiger partial charge is 0.140 e. The van der Waals surface area contributed by atoms with E-state index in [9.17, 15) is 0 Å². The number of hydrogen-bond donors (Lipinski definition) is 3. The van der Waals surface area contributed by atoms with Gasteiger partial charge in [-0.25, -0.2) is 0 Å². The summed E-state index contributed by atoms with van der Waals surface area (Å²) >= 11 is 0. The molecule has 4 N–H and O–H groups in total. The van der Waals surface area contributed by atoms with Crippen LogP contribution in [-0.4, -0.2) is 26.9 Å². The van der Waals surface area contributed by atoms with Crippen molar-refractivity contribution in [3.05, 3.63) is 17.0 Å². The lowest BCUT2D eigenvalue weighted by Crippen LogP contribution is -2.31. The lowest BCUT2D eigenvalue weighted by atomic mass is 10.1. The Kier molecular flexibility index (Phi) is 4.51. The minimum atomic E-state index is 0.157. The van der Waals surface area contributed by atoms with Crippen LogP contribution in [0.15, 0.2) is 5.16 Å². The first-order valence-corrected chi connectivity index (χ1v) is 5.64. The maximum absolute atomic E-state index is 8.48. The fourth-order valence-corrected chi connectivity index (χ4v) is 1.78. The van der Waals surface area contributed by atoms with E-state index in [4.69, 9.17) is 10.9 Å². The zero-order chi connectivity index (χ0) is 13.0. The van der Waals surface area contributed by atoms with Gasteiger partial charge in [-0.1, -0.05) is 5.16 Å². The second-order valence-electron chi connectivity index (χ2n) is 4.35. The molecule has 0 amide bonds. The van der Waals surface area contributed by atoms with Gasteiger partial charge in [0.05, 0.1) is 5.69 Å². The Morgan fingerprint density at radius 2 is 2.24 bits per heavy atom. The highest BCUT2D eigenvalue weighted by Gasteiger charge is 2.11. The number of amidine groups is 1. The summed E-state index contributed by atoms with van der Waals surface area (Å²) in [6.07, 6.45) is 0.523. The van der Waals surface area contributed by atoms with Crippen LogP contribution in [0.2, 0.25) is 0 Å². The molecule has 0 aromatic carbocycles.